The summed E-state index contributed by atoms with van der Waals surface area (Å²) in [6, 6.07) is 15.2. The molecule has 2 amide bonds. The van der Waals surface area contributed by atoms with Gasteiger partial charge in [0.25, 0.3) is 0 Å². The van der Waals surface area contributed by atoms with Crippen molar-refractivity contribution in [3.8, 4) is 0 Å². The van der Waals surface area contributed by atoms with Crippen LogP contribution in [0.15, 0.2) is 54.9 Å². The van der Waals surface area contributed by atoms with Crippen molar-refractivity contribution in [1.29, 1.82) is 0 Å². The van der Waals surface area contributed by atoms with E-state index in [9.17, 15) is 4.79 Å². The Kier molecular flexibility index (Phi) is 6.22. The maximum atomic E-state index is 12.7. The van der Waals surface area contributed by atoms with Crippen LogP contribution < -0.4 is 5.32 Å². The zero-order valence-corrected chi connectivity index (χ0v) is 16.5. The summed E-state index contributed by atoms with van der Waals surface area (Å²) < 4.78 is 0. The number of hydrogen-bond donors (Lipinski definition) is 1. The zero-order chi connectivity index (χ0) is 19.2. The minimum absolute atomic E-state index is 0.0583. The van der Waals surface area contributed by atoms with Gasteiger partial charge in [-0.05, 0) is 55.3 Å². The number of aromatic nitrogens is 1. The second-order valence-corrected chi connectivity index (χ2v) is 8.00. The van der Waals surface area contributed by atoms with Crippen LogP contribution in [0.25, 0.3) is 0 Å². The number of piperidine rings is 1. The predicted molar refractivity (Wildman–Crippen MR) is 111 cm³/mol. The van der Waals surface area contributed by atoms with Crippen LogP contribution in [0.3, 0.4) is 0 Å². The summed E-state index contributed by atoms with van der Waals surface area (Å²) in [5.41, 5.74) is 2.53. The summed E-state index contributed by atoms with van der Waals surface area (Å²) in [4.78, 5) is 21.4. The highest BCUT2D eigenvalue weighted by atomic mass is 16.2. The van der Waals surface area contributed by atoms with Gasteiger partial charge in [0.15, 0.2) is 0 Å². The summed E-state index contributed by atoms with van der Waals surface area (Å²) >= 11 is 0. The molecule has 148 valence electrons. The minimum atomic E-state index is 0.0583. The second-order valence-electron chi connectivity index (χ2n) is 8.00. The van der Waals surface area contributed by atoms with E-state index in [4.69, 9.17) is 0 Å². The molecule has 1 N–H and O–H groups in total. The largest absolute Gasteiger partial charge is 0.337 e. The molecular weight excluding hydrogens is 348 g/mol. The highest BCUT2D eigenvalue weighted by molar-refractivity contribution is 5.74. The maximum absolute atomic E-state index is 12.7. The van der Waals surface area contributed by atoms with E-state index in [1.165, 1.54) is 18.4 Å². The smallest absolute Gasteiger partial charge is 0.317 e. The van der Waals surface area contributed by atoms with Gasteiger partial charge in [0.2, 0.25) is 0 Å². The van der Waals surface area contributed by atoms with Gasteiger partial charge in [-0.25, -0.2) is 4.79 Å². The third-order valence-electron chi connectivity index (χ3n) is 5.80. The third kappa shape index (κ3) is 5.10. The molecule has 0 bridgehead atoms. The van der Waals surface area contributed by atoms with Crippen LogP contribution in [-0.2, 0) is 6.54 Å². The summed E-state index contributed by atoms with van der Waals surface area (Å²) in [6.07, 6.45) is 8.32. The first kappa shape index (κ1) is 18.9. The molecule has 1 atom stereocenters. The fourth-order valence-corrected chi connectivity index (χ4v) is 4.12. The van der Waals surface area contributed by atoms with E-state index in [2.05, 4.69) is 45.5 Å². The van der Waals surface area contributed by atoms with E-state index in [-0.39, 0.29) is 6.03 Å². The van der Waals surface area contributed by atoms with E-state index >= 15 is 0 Å². The van der Waals surface area contributed by atoms with Gasteiger partial charge in [-0.1, -0.05) is 36.4 Å². The molecule has 1 saturated carbocycles. The van der Waals surface area contributed by atoms with Gasteiger partial charge >= 0.3 is 6.03 Å². The van der Waals surface area contributed by atoms with Gasteiger partial charge < -0.3 is 15.1 Å². The molecule has 2 fully saturated rings. The van der Waals surface area contributed by atoms with Crippen LogP contribution in [0.2, 0.25) is 0 Å². The number of nitrogens with one attached hydrogen (secondary N) is 1. The molecule has 5 nitrogen and oxygen atoms in total. The normalized spacial score (nSPS) is 19.9. The number of rotatable bonds is 7. The molecule has 28 heavy (non-hydrogen) atoms. The Labute approximate surface area is 167 Å². The summed E-state index contributed by atoms with van der Waals surface area (Å²) in [5, 5.41) is 3.15. The first-order chi connectivity index (χ1) is 13.8. The van der Waals surface area contributed by atoms with Crippen molar-refractivity contribution >= 4 is 6.03 Å². The Morgan fingerprint density at radius 3 is 2.75 bits per heavy atom. The number of benzene rings is 1. The third-order valence-corrected chi connectivity index (χ3v) is 5.80. The number of carbonyl (C=O) groups is 1. The van der Waals surface area contributed by atoms with Crippen LogP contribution >= 0.6 is 0 Å². The SMILES string of the molecule is O=C(NCCN1CCC[C@@H](c2ccccc2)C1)N(Cc1cccnc1)C1CC1. The number of pyridine rings is 1. The molecule has 2 aliphatic rings. The van der Waals surface area contributed by atoms with Crippen LogP contribution in [-0.4, -0.2) is 53.0 Å². The zero-order valence-electron chi connectivity index (χ0n) is 16.5. The second kappa shape index (κ2) is 9.20. The lowest BCUT2D eigenvalue weighted by Crippen LogP contribution is -2.45. The fourth-order valence-electron chi connectivity index (χ4n) is 4.12. The van der Waals surface area contributed by atoms with Crippen molar-refractivity contribution in [3.63, 3.8) is 0 Å². The van der Waals surface area contributed by atoms with Crippen LogP contribution in [0.4, 0.5) is 4.79 Å². The van der Waals surface area contributed by atoms with E-state index in [1.54, 1.807) is 6.20 Å². The molecule has 0 radical (unpaired) electrons. The van der Waals surface area contributed by atoms with Crippen molar-refractivity contribution in [2.45, 2.75) is 44.2 Å². The van der Waals surface area contributed by atoms with Crippen molar-refractivity contribution in [1.82, 2.24) is 20.1 Å². The molecular formula is C23H30N4O. The Hall–Kier alpha value is -2.40. The first-order valence-electron chi connectivity index (χ1n) is 10.5. The average Bonchev–Trinajstić information content (AvgIpc) is 3.59. The van der Waals surface area contributed by atoms with Crippen molar-refractivity contribution in [2.75, 3.05) is 26.2 Å². The maximum Gasteiger partial charge on any atom is 0.317 e. The van der Waals surface area contributed by atoms with Crippen LogP contribution in [0.1, 0.15) is 42.7 Å². The molecule has 1 aromatic heterocycles. The molecule has 0 unspecified atom stereocenters. The first-order valence-corrected chi connectivity index (χ1v) is 10.5. The van der Waals surface area contributed by atoms with E-state index < -0.39 is 0 Å². The van der Waals surface area contributed by atoms with E-state index in [0.717, 1.165) is 38.0 Å². The Balaban J connectivity index is 1.25. The highest BCUT2D eigenvalue weighted by Crippen LogP contribution is 2.28. The lowest BCUT2D eigenvalue weighted by Gasteiger charge is -2.33. The topological polar surface area (TPSA) is 48.5 Å². The molecule has 5 heteroatoms. The monoisotopic (exact) mass is 378 g/mol. The number of carbonyl (C=O) groups excluding carboxylic acids is 1. The average molecular weight is 379 g/mol. The minimum Gasteiger partial charge on any atom is -0.337 e. The van der Waals surface area contributed by atoms with Gasteiger partial charge in [-0.15, -0.1) is 0 Å². The standard InChI is InChI=1S/C23H30N4O/c28-23(27(22-10-11-22)17-19-6-4-12-24-16-19)25-13-15-26-14-5-9-21(18-26)20-7-2-1-3-8-20/h1-4,6-8,12,16,21-22H,5,9-11,13-15,17-18H2,(H,25,28)/t21-/m1/s1. The van der Waals surface area contributed by atoms with Gasteiger partial charge in [0, 0.05) is 44.6 Å². The van der Waals surface area contributed by atoms with Crippen molar-refractivity contribution in [3.05, 3.63) is 66.0 Å². The van der Waals surface area contributed by atoms with Gasteiger partial charge in [0.05, 0.1) is 0 Å². The van der Waals surface area contributed by atoms with Gasteiger partial charge in [0.1, 0.15) is 0 Å². The molecule has 0 spiro atoms. The summed E-state index contributed by atoms with van der Waals surface area (Å²) in [6.45, 7) is 4.48. The molecule has 2 heterocycles. The predicted octanol–water partition coefficient (Wildman–Crippen LogP) is 3.64. The summed E-state index contributed by atoms with van der Waals surface area (Å²) in [5.74, 6) is 0.610. The van der Waals surface area contributed by atoms with Crippen LogP contribution in [0.5, 0.6) is 0 Å². The Morgan fingerprint density at radius 2 is 2.00 bits per heavy atom. The lowest BCUT2D eigenvalue weighted by molar-refractivity contribution is 0.183. The quantitative estimate of drug-likeness (QED) is 0.800. The molecule has 1 aliphatic carbocycles. The molecule has 1 aliphatic heterocycles. The van der Waals surface area contributed by atoms with Gasteiger partial charge in [-0.3, -0.25) is 4.98 Å². The Bertz CT molecular complexity index is 748. The number of hydrogen-bond acceptors (Lipinski definition) is 3. The summed E-state index contributed by atoms with van der Waals surface area (Å²) in [7, 11) is 0. The van der Waals surface area contributed by atoms with Crippen molar-refractivity contribution in [2.24, 2.45) is 0 Å². The number of nitrogens with zero attached hydrogens (tertiary/aromatic N) is 3. The number of amides is 2. The molecule has 4 rings (SSSR count). The van der Waals surface area contributed by atoms with E-state index in [1.807, 2.05) is 23.2 Å². The fraction of sp³-hybridized carbons (Fsp3) is 0.478. The van der Waals surface area contributed by atoms with Crippen LogP contribution in [0, 0.1) is 0 Å². The molecule has 1 aromatic carbocycles. The number of likely N-dealkylation sites (tertiary alicyclic amines) is 1. The van der Waals surface area contributed by atoms with Crippen molar-refractivity contribution < 1.29 is 4.79 Å². The van der Waals surface area contributed by atoms with Gasteiger partial charge in [-0.2, -0.15) is 0 Å². The number of urea groups is 1. The lowest BCUT2D eigenvalue weighted by atomic mass is 9.91. The Morgan fingerprint density at radius 1 is 1.14 bits per heavy atom. The molecule has 1 saturated heterocycles. The van der Waals surface area contributed by atoms with E-state index in [0.29, 0.717) is 25.0 Å². The highest BCUT2D eigenvalue weighted by Gasteiger charge is 2.32. The molecule has 2 aromatic rings.